The van der Waals surface area contributed by atoms with Crippen molar-refractivity contribution in [3.8, 4) is 0 Å². The molecule has 2 aromatic rings. The highest BCUT2D eigenvalue weighted by Crippen LogP contribution is 2.18. The highest BCUT2D eigenvalue weighted by molar-refractivity contribution is 9.10. The molecule has 2 N–H and O–H groups in total. The second kappa shape index (κ2) is 4.53. The molecule has 0 bridgehead atoms. The number of halogens is 3. The summed E-state index contributed by atoms with van der Waals surface area (Å²) < 4.78 is 27.8. The molecule has 0 saturated heterocycles. The minimum Gasteiger partial charge on any atom is -0.390 e. The van der Waals surface area contributed by atoms with Gasteiger partial charge in [-0.05, 0) is 28.1 Å². The van der Waals surface area contributed by atoms with Gasteiger partial charge in [0.1, 0.15) is 6.61 Å². The molecule has 2 aromatic heterocycles. The lowest BCUT2D eigenvalue weighted by Gasteiger charge is -2.12. The number of anilines is 1. The molecule has 0 aliphatic heterocycles. The van der Waals surface area contributed by atoms with E-state index >= 15 is 0 Å². The van der Waals surface area contributed by atoms with E-state index in [1.54, 1.807) is 18.3 Å². The zero-order valence-corrected chi connectivity index (χ0v) is 10.2. The molecule has 0 aliphatic rings. The van der Waals surface area contributed by atoms with Crippen molar-refractivity contribution in [3.05, 3.63) is 22.8 Å². The number of pyridine rings is 1. The Morgan fingerprint density at radius 2 is 2.29 bits per heavy atom. The van der Waals surface area contributed by atoms with Gasteiger partial charge in [-0.3, -0.25) is 0 Å². The van der Waals surface area contributed by atoms with Crippen molar-refractivity contribution in [3.63, 3.8) is 0 Å². The summed E-state index contributed by atoms with van der Waals surface area (Å²) in [6.45, 7) is -1.92. The maximum atomic E-state index is 12.8. The molecule has 0 atom stereocenters. The number of alkyl halides is 2. The maximum absolute atomic E-state index is 12.8. The number of aromatic nitrogens is 3. The van der Waals surface area contributed by atoms with Gasteiger partial charge in [0.25, 0.3) is 5.92 Å². The quantitative estimate of drug-likeness (QED) is 0.899. The molecule has 5 nitrogen and oxygen atoms in total. The predicted molar refractivity (Wildman–Crippen MR) is 61.2 cm³/mol. The van der Waals surface area contributed by atoms with Crippen LogP contribution in [0.4, 0.5) is 14.7 Å². The first kappa shape index (κ1) is 12.2. The predicted octanol–water partition coefficient (Wildman–Crippen LogP) is 1.53. The third-order valence-electron chi connectivity index (χ3n) is 2.05. The average Bonchev–Trinajstić information content (AvgIpc) is 2.71. The molecule has 0 radical (unpaired) electrons. The molecule has 8 heteroatoms. The average molecular weight is 307 g/mol. The summed E-state index contributed by atoms with van der Waals surface area (Å²) in [7, 11) is 0. The SMILES string of the molecule is OCC(F)(F)CNc1nc2c(Br)cccn2n1. The monoisotopic (exact) mass is 306 g/mol. The van der Waals surface area contributed by atoms with Gasteiger partial charge < -0.3 is 10.4 Å². The Morgan fingerprint density at radius 1 is 1.53 bits per heavy atom. The van der Waals surface area contributed by atoms with Crippen molar-refractivity contribution in [2.75, 3.05) is 18.5 Å². The summed E-state index contributed by atoms with van der Waals surface area (Å²) in [6.07, 6.45) is 1.66. The number of aliphatic hydroxyl groups excluding tert-OH is 1. The Kier molecular flexibility index (Phi) is 3.25. The molecule has 2 rings (SSSR count). The molecule has 0 aromatic carbocycles. The van der Waals surface area contributed by atoms with Crippen molar-refractivity contribution in [1.82, 2.24) is 14.6 Å². The van der Waals surface area contributed by atoms with Crippen molar-refractivity contribution in [2.45, 2.75) is 5.92 Å². The normalized spacial score (nSPS) is 12.0. The lowest BCUT2D eigenvalue weighted by molar-refractivity contribution is -0.0374. The van der Waals surface area contributed by atoms with Gasteiger partial charge in [0.2, 0.25) is 5.95 Å². The van der Waals surface area contributed by atoms with Gasteiger partial charge in [0.15, 0.2) is 5.65 Å². The Labute approximate surface area is 104 Å². The van der Waals surface area contributed by atoms with Crippen molar-refractivity contribution in [1.29, 1.82) is 0 Å². The van der Waals surface area contributed by atoms with Crippen LogP contribution in [0.1, 0.15) is 0 Å². The highest BCUT2D eigenvalue weighted by Gasteiger charge is 2.27. The molecule has 0 unspecified atom stereocenters. The number of hydrogen-bond donors (Lipinski definition) is 2. The van der Waals surface area contributed by atoms with Crippen LogP contribution in [-0.2, 0) is 0 Å². The fraction of sp³-hybridized carbons (Fsp3) is 0.333. The smallest absolute Gasteiger partial charge is 0.287 e. The topological polar surface area (TPSA) is 62.5 Å². The molecule has 0 amide bonds. The molecule has 17 heavy (non-hydrogen) atoms. The van der Waals surface area contributed by atoms with E-state index in [0.29, 0.717) is 5.65 Å². The van der Waals surface area contributed by atoms with Gasteiger partial charge >= 0.3 is 0 Å². The fourth-order valence-electron chi connectivity index (χ4n) is 1.21. The summed E-state index contributed by atoms with van der Waals surface area (Å²) >= 11 is 3.28. The number of nitrogens with one attached hydrogen (secondary N) is 1. The van der Waals surface area contributed by atoms with E-state index in [4.69, 9.17) is 5.11 Å². The molecule has 0 spiro atoms. The Hall–Kier alpha value is -1.28. The van der Waals surface area contributed by atoms with Crippen LogP contribution < -0.4 is 5.32 Å². The van der Waals surface area contributed by atoms with E-state index in [2.05, 4.69) is 31.3 Å². The van der Waals surface area contributed by atoms with Gasteiger partial charge in [-0.15, -0.1) is 5.10 Å². The molecular formula is C9H9BrF2N4O. The number of rotatable bonds is 4. The number of aliphatic hydroxyl groups is 1. The van der Waals surface area contributed by atoms with Gasteiger partial charge in [0, 0.05) is 6.20 Å². The van der Waals surface area contributed by atoms with Crippen LogP contribution >= 0.6 is 15.9 Å². The number of nitrogens with zero attached hydrogens (tertiary/aromatic N) is 3. The number of hydrogen-bond acceptors (Lipinski definition) is 4. The molecule has 0 saturated carbocycles. The minimum atomic E-state index is -3.19. The lowest BCUT2D eigenvalue weighted by atomic mass is 10.3. The third kappa shape index (κ3) is 2.70. The molecule has 0 fully saturated rings. The van der Waals surface area contributed by atoms with E-state index in [1.165, 1.54) is 4.52 Å². The van der Waals surface area contributed by atoms with Crippen LogP contribution in [0.3, 0.4) is 0 Å². The van der Waals surface area contributed by atoms with Gasteiger partial charge in [0.05, 0.1) is 11.0 Å². The standard InChI is InChI=1S/C9H9BrF2N4O/c10-6-2-1-3-16-7(6)14-8(15-16)13-4-9(11,12)5-17/h1-3,17H,4-5H2,(H,13,15). The van der Waals surface area contributed by atoms with Crippen LogP contribution in [0.25, 0.3) is 5.65 Å². The van der Waals surface area contributed by atoms with Crippen LogP contribution in [0.15, 0.2) is 22.8 Å². The summed E-state index contributed by atoms with van der Waals surface area (Å²) in [5.41, 5.74) is 0.530. The van der Waals surface area contributed by atoms with E-state index in [1.807, 2.05) is 0 Å². The first-order valence-corrected chi connectivity index (χ1v) is 5.54. The van der Waals surface area contributed by atoms with Crippen molar-refractivity contribution < 1.29 is 13.9 Å². The molecular weight excluding hydrogens is 298 g/mol. The summed E-state index contributed by atoms with van der Waals surface area (Å²) in [6, 6.07) is 3.52. The van der Waals surface area contributed by atoms with E-state index in [9.17, 15) is 8.78 Å². The molecule has 92 valence electrons. The minimum absolute atomic E-state index is 0.0880. The zero-order valence-electron chi connectivity index (χ0n) is 8.57. The lowest BCUT2D eigenvalue weighted by Crippen LogP contribution is -2.31. The Bertz CT molecular complexity index is 531. The highest BCUT2D eigenvalue weighted by atomic mass is 79.9. The van der Waals surface area contributed by atoms with Gasteiger partial charge in [-0.1, -0.05) is 0 Å². The van der Waals surface area contributed by atoms with E-state index in [0.717, 1.165) is 4.47 Å². The fourth-order valence-corrected chi connectivity index (χ4v) is 1.64. The second-order valence-corrected chi connectivity index (χ2v) is 4.28. The van der Waals surface area contributed by atoms with Gasteiger partial charge in [-0.2, -0.15) is 4.98 Å². The van der Waals surface area contributed by atoms with Gasteiger partial charge in [-0.25, -0.2) is 13.3 Å². The maximum Gasteiger partial charge on any atom is 0.287 e. The van der Waals surface area contributed by atoms with Crippen molar-refractivity contribution >= 4 is 27.5 Å². The Morgan fingerprint density at radius 3 is 2.94 bits per heavy atom. The Balaban J connectivity index is 2.18. The number of fused-ring (bicyclic) bond motifs is 1. The third-order valence-corrected chi connectivity index (χ3v) is 2.67. The van der Waals surface area contributed by atoms with E-state index in [-0.39, 0.29) is 5.95 Å². The zero-order chi connectivity index (χ0) is 12.5. The molecule has 0 aliphatic carbocycles. The first-order chi connectivity index (χ1) is 8.02. The van der Waals surface area contributed by atoms with Crippen molar-refractivity contribution in [2.24, 2.45) is 0 Å². The van der Waals surface area contributed by atoms with Crippen LogP contribution in [0.2, 0.25) is 0 Å². The van der Waals surface area contributed by atoms with E-state index < -0.39 is 19.1 Å². The summed E-state index contributed by atoms with van der Waals surface area (Å²) in [4.78, 5) is 4.03. The van der Waals surface area contributed by atoms with Crippen LogP contribution in [0.5, 0.6) is 0 Å². The molecule has 2 heterocycles. The second-order valence-electron chi connectivity index (χ2n) is 3.43. The van der Waals surface area contributed by atoms with Crippen LogP contribution in [0, 0.1) is 0 Å². The summed E-state index contributed by atoms with van der Waals surface area (Å²) in [5, 5.41) is 14.8. The largest absolute Gasteiger partial charge is 0.390 e. The first-order valence-electron chi connectivity index (χ1n) is 4.75. The van der Waals surface area contributed by atoms with Crippen LogP contribution in [-0.4, -0.2) is 38.8 Å². The summed E-state index contributed by atoms with van der Waals surface area (Å²) in [5.74, 6) is -3.10.